The summed E-state index contributed by atoms with van der Waals surface area (Å²) in [6, 6.07) is 12.5. The number of hydrogen-bond donors (Lipinski definition) is 0. The van der Waals surface area contributed by atoms with E-state index in [4.69, 9.17) is 14.2 Å². The lowest BCUT2D eigenvalue weighted by atomic mass is 10.1. The Labute approximate surface area is 153 Å². The molecule has 0 fully saturated rings. The lowest BCUT2D eigenvalue weighted by molar-refractivity contribution is 0.102. The van der Waals surface area contributed by atoms with Gasteiger partial charge in [0.1, 0.15) is 5.75 Å². The van der Waals surface area contributed by atoms with Crippen molar-refractivity contribution < 1.29 is 19.0 Å². The number of benzene rings is 2. The third-order valence-corrected chi connectivity index (χ3v) is 4.70. The van der Waals surface area contributed by atoms with Crippen molar-refractivity contribution in [3.05, 3.63) is 48.0 Å². The first kappa shape index (κ1) is 16.4. The van der Waals surface area contributed by atoms with Gasteiger partial charge in [-0.25, -0.2) is 0 Å². The van der Waals surface area contributed by atoms with E-state index >= 15 is 0 Å². The Morgan fingerprint density at radius 3 is 2.81 bits per heavy atom. The monoisotopic (exact) mass is 370 g/mol. The van der Waals surface area contributed by atoms with E-state index in [2.05, 4.69) is 15.5 Å². The lowest BCUT2D eigenvalue weighted by Gasteiger charge is -2.06. The highest BCUT2D eigenvalue weighted by Crippen LogP contribution is 2.33. The van der Waals surface area contributed by atoms with Crippen LogP contribution < -0.4 is 14.2 Å². The first-order valence-electron chi connectivity index (χ1n) is 7.73. The van der Waals surface area contributed by atoms with Gasteiger partial charge in [-0.2, -0.15) is 4.68 Å². The number of fused-ring (bicyclic) bond motifs is 1. The van der Waals surface area contributed by atoms with Gasteiger partial charge in [0.25, 0.3) is 0 Å². The molecule has 0 aliphatic carbocycles. The van der Waals surface area contributed by atoms with Gasteiger partial charge in [-0.3, -0.25) is 4.79 Å². The fourth-order valence-electron chi connectivity index (χ4n) is 2.44. The number of carbonyl (C=O) groups excluding carboxylic acids is 1. The number of rotatable bonds is 6. The second-order valence-electron chi connectivity index (χ2n) is 5.35. The van der Waals surface area contributed by atoms with Gasteiger partial charge < -0.3 is 14.2 Å². The summed E-state index contributed by atoms with van der Waals surface area (Å²) in [6.45, 7) is 0.179. The maximum atomic E-state index is 12.5. The summed E-state index contributed by atoms with van der Waals surface area (Å²) in [6.07, 6.45) is 0. The molecule has 26 heavy (non-hydrogen) atoms. The predicted molar refractivity (Wildman–Crippen MR) is 93.3 cm³/mol. The van der Waals surface area contributed by atoms with Gasteiger partial charge in [0.05, 0.1) is 18.6 Å². The standard InChI is InChI=1S/C17H14N4O4S/c1-23-13-5-3-12(4-6-13)21-17(18-19-20-21)26-9-14(22)11-2-7-15-16(8-11)25-10-24-15/h2-8H,9-10H2,1H3. The molecule has 2 heterocycles. The topological polar surface area (TPSA) is 88.4 Å². The molecule has 8 nitrogen and oxygen atoms in total. The Balaban J connectivity index is 1.46. The van der Waals surface area contributed by atoms with Gasteiger partial charge >= 0.3 is 0 Å². The van der Waals surface area contributed by atoms with Crippen LogP contribution in [0, 0.1) is 0 Å². The van der Waals surface area contributed by atoms with E-state index in [0.717, 1.165) is 11.4 Å². The molecule has 0 N–H and O–H groups in total. The molecule has 0 spiro atoms. The Bertz CT molecular complexity index is 942. The third kappa shape index (κ3) is 3.21. The molecule has 3 aromatic rings. The van der Waals surface area contributed by atoms with Crippen molar-refractivity contribution in [3.8, 4) is 22.9 Å². The maximum absolute atomic E-state index is 12.5. The molecule has 2 aromatic carbocycles. The maximum Gasteiger partial charge on any atom is 0.231 e. The average Bonchev–Trinajstić information content (AvgIpc) is 3.34. The van der Waals surface area contributed by atoms with E-state index in [1.54, 1.807) is 30.0 Å². The number of methoxy groups -OCH3 is 1. The summed E-state index contributed by atoms with van der Waals surface area (Å²) >= 11 is 1.27. The van der Waals surface area contributed by atoms with Crippen LogP contribution in [0.4, 0.5) is 0 Å². The summed E-state index contributed by atoms with van der Waals surface area (Å²) in [4.78, 5) is 12.5. The number of ether oxygens (including phenoxy) is 3. The van der Waals surface area contributed by atoms with Crippen molar-refractivity contribution in [3.63, 3.8) is 0 Å². The fraction of sp³-hybridized carbons (Fsp3) is 0.176. The van der Waals surface area contributed by atoms with Gasteiger partial charge in [-0.05, 0) is 52.9 Å². The molecule has 4 rings (SSSR count). The molecule has 1 aliphatic rings. The van der Waals surface area contributed by atoms with Crippen LogP contribution in [0.15, 0.2) is 47.6 Å². The minimum atomic E-state index is -0.0439. The van der Waals surface area contributed by atoms with Crippen LogP contribution in [-0.2, 0) is 0 Å². The van der Waals surface area contributed by atoms with Crippen molar-refractivity contribution in [1.29, 1.82) is 0 Å². The molecule has 0 unspecified atom stereocenters. The second kappa shape index (κ2) is 7.04. The first-order valence-corrected chi connectivity index (χ1v) is 8.71. The van der Waals surface area contributed by atoms with E-state index in [1.807, 2.05) is 24.3 Å². The summed E-state index contributed by atoms with van der Waals surface area (Å²) < 4.78 is 17.3. The highest BCUT2D eigenvalue weighted by molar-refractivity contribution is 7.99. The largest absolute Gasteiger partial charge is 0.497 e. The Kier molecular flexibility index (Phi) is 4.44. The van der Waals surface area contributed by atoms with Gasteiger partial charge in [0.2, 0.25) is 11.9 Å². The van der Waals surface area contributed by atoms with Gasteiger partial charge in [0, 0.05) is 5.56 Å². The molecular weight excluding hydrogens is 356 g/mol. The van der Waals surface area contributed by atoms with Crippen molar-refractivity contribution in [2.75, 3.05) is 19.7 Å². The zero-order valence-electron chi connectivity index (χ0n) is 13.8. The Hall–Kier alpha value is -3.07. The van der Waals surface area contributed by atoms with Gasteiger partial charge in [0.15, 0.2) is 17.3 Å². The molecule has 0 saturated heterocycles. The SMILES string of the molecule is COc1ccc(-n2nnnc2SCC(=O)c2ccc3c(c2)OCO3)cc1. The lowest BCUT2D eigenvalue weighted by Crippen LogP contribution is -2.05. The Morgan fingerprint density at radius 2 is 2.00 bits per heavy atom. The molecule has 0 atom stereocenters. The number of ketones is 1. The smallest absolute Gasteiger partial charge is 0.231 e. The first-order chi connectivity index (χ1) is 12.7. The highest BCUT2D eigenvalue weighted by atomic mass is 32.2. The summed E-state index contributed by atoms with van der Waals surface area (Å²) in [5.41, 5.74) is 1.35. The molecule has 1 aliphatic heterocycles. The van der Waals surface area contributed by atoms with Crippen LogP contribution in [0.25, 0.3) is 5.69 Å². The molecule has 0 amide bonds. The quantitative estimate of drug-likeness (QED) is 0.483. The summed E-state index contributed by atoms with van der Waals surface area (Å²) in [5.74, 6) is 2.14. The van der Waals surface area contributed by atoms with Gasteiger partial charge in [-0.1, -0.05) is 11.8 Å². The minimum absolute atomic E-state index is 0.0439. The molecular formula is C17H14N4O4S. The molecule has 0 saturated carbocycles. The van der Waals surface area contributed by atoms with Crippen LogP contribution >= 0.6 is 11.8 Å². The normalized spacial score (nSPS) is 12.2. The van der Waals surface area contributed by atoms with Crippen LogP contribution in [-0.4, -0.2) is 45.6 Å². The van der Waals surface area contributed by atoms with E-state index in [9.17, 15) is 4.79 Å². The van der Waals surface area contributed by atoms with Gasteiger partial charge in [-0.15, -0.1) is 5.10 Å². The van der Waals surface area contributed by atoms with Crippen LogP contribution in [0.5, 0.6) is 17.2 Å². The van der Waals surface area contributed by atoms with Crippen molar-refractivity contribution >= 4 is 17.5 Å². The molecule has 0 radical (unpaired) electrons. The van der Waals surface area contributed by atoms with Crippen LogP contribution in [0.1, 0.15) is 10.4 Å². The minimum Gasteiger partial charge on any atom is -0.497 e. The zero-order valence-corrected chi connectivity index (χ0v) is 14.6. The Morgan fingerprint density at radius 1 is 1.19 bits per heavy atom. The number of Topliss-reactive ketones (excluding diaryl/α,β-unsaturated/α-hetero) is 1. The van der Waals surface area contributed by atoms with Crippen molar-refractivity contribution in [1.82, 2.24) is 20.2 Å². The van der Waals surface area contributed by atoms with Crippen molar-refractivity contribution in [2.45, 2.75) is 5.16 Å². The van der Waals surface area contributed by atoms with E-state index in [0.29, 0.717) is 22.2 Å². The summed E-state index contributed by atoms with van der Waals surface area (Å²) in [7, 11) is 1.61. The fourth-order valence-corrected chi connectivity index (χ4v) is 3.22. The number of thioether (sulfide) groups is 1. The van der Waals surface area contributed by atoms with Crippen LogP contribution in [0.3, 0.4) is 0 Å². The molecule has 0 bridgehead atoms. The average molecular weight is 370 g/mol. The van der Waals surface area contributed by atoms with Crippen LogP contribution in [0.2, 0.25) is 0 Å². The molecule has 1 aromatic heterocycles. The third-order valence-electron chi connectivity index (χ3n) is 3.78. The highest BCUT2D eigenvalue weighted by Gasteiger charge is 2.17. The van der Waals surface area contributed by atoms with E-state index in [-0.39, 0.29) is 18.3 Å². The predicted octanol–water partition coefficient (Wildman–Crippen LogP) is 2.37. The number of aromatic nitrogens is 4. The number of nitrogens with zero attached hydrogens (tertiary/aromatic N) is 4. The number of hydrogen-bond acceptors (Lipinski definition) is 8. The summed E-state index contributed by atoms with van der Waals surface area (Å²) in [5, 5.41) is 12.2. The molecule has 9 heteroatoms. The number of carbonyl (C=O) groups is 1. The zero-order chi connectivity index (χ0) is 17.9. The molecule has 132 valence electrons. The van der Waals surface area contributed by atoms with E-state index < -0.39 is 0 Å². The number of tetrazole rings is 1. The van der Waals surface area contributed by atoms with Crippen molar-refractivity contribution in [2.24, 2.45) is 0 Å². The second-order valence-corrected chi connectivity index (χ2v) is 6.29. The van der Waals surface area contributed by atoms with E-state index in [1.165, 1.54) is 11.8 Å².